The summed E-state index contributed by atoms with van der Waals surface area (Å²) in [4.78, 5) is 14.6. The van der Waals surface area contributed by atoms with E-state index in [4.69, 9.17) is 21.9 Å². The maximum absolute atomic E-state index is 12.5. The van der Waals surface area contributed by atoms with Crippen LogP contribution < -0.4 is 16.4 Å². The highest BCUT2D eigenvalue weighted by atomic mass is 19.4. The van der Waals surface area contributed by atoms with Crippen molar-refractivity contribution < 1.29 is 13.2 Å². The van der Waals surface area contributed by atoms with E-state index in [2.05, 4.69) is 9.98 Å². The molecule has 0 spiro atoms. The Kier molecular flexibility index (Phi) is 6.66. The smallest absolute Gasteiger partial charge is 0.399 e. The van der Waals surface area contributed by atoms with Gasteiger partial charge in [0.15, 0.2) is 0 Å². The van der Waals surface area contributed by atoms with Crippen molar-refractivity contribution in [1.82, 2.24) is 9.97 Å². The quantitative estimate of drug-likeness (QED) is 0.491. The van der Waals surface area contributed by atoms with Crippen molar-refractivity contribution in [2.45, 2.75) is 31.0 Å². The van der Waals surface area contributed by atoms with Crippen LogP contribution in [0.4, 0.5) is 24.8 Å². The van der Waals surface area contributed by atoms with Crippen molar-refractivity contribution in [3.8, 4) is 11.3 Å². The SMILES string of the molecule is N=CC(C=NCC(F)(F)F)c1cnc(N2CCC(N)CC2)nc1-c1ccc(N)cc1. The lowest BCUT2D eigenvalue weighted by Gasteiger charge is -2.30. The van der Waals surface area contributed by atoms with Gasteiger partial charge in [-0.3, -0.25) is 4.99 Å². The normalized spacial score (nSPS) is 16.7. The molecule has 0 amide bonds. The number of anilines is 2. The summed E-state index contributed by atoms with van der Waals surface area (Å²) in [5.41, 5.74) is 14.1. The molecule has 0 bridgehead atoms. The first-order valence-electron chi connectivity index (χ1n) is 9.57. The molecule has 1 saturated heterocycles. The number of nitrogens with zero attached hydrogens (tertiary/aromatic N) is 4. The summed E-state index contributed by atoms with van der Waals surface area (Å²) in [6.07, 6.45) is 0.944. The molecule has 2 aromatic rings. The molecule has 7 nitrogen and oxygen atoms in total. The van der Waals surface area contributed by atoms with Crippen LogP contribution >= 0.6 is 0 Å². The van der Waals surface area contributed by atoms with Crippen molar-refractivity contribution in [2.75, 3.05) is 30.3 Å². The number of alkyl halides is 3. The van der Waals surface area contributed by atoms with Crippen LogP contribution in [0.1, 0.15) is 24.3 Å². The van der Waals surface area contributed by atoms with Crippen molar-refractivity contribution in [2.24, 2.45) is 10.7 Å². The zero-order valence-corrected chi connectivity index (χ0v) is 16.3. The van der Waals surface area contributed by atoms with E-state index in [1.165, 1.54) is 0 Å². The predicted molar refractivity (Wildman–Crippen MR) is 112 cm³/mol. The topological polar surface area (TPSA) is 117 Å². The molecule has 1 unspecified atom stereocenters. The number of halogens is 3. The van der Waals surface area contributed by atoms with Gasteiger partial charge in [-0.05, 0) is 25.0 Å². The number of aliphatic imine (C=N–C) groups is 1. The van der Waals surface area contributed by atoms with Crippen molar-refractivity contribution in [3.05, 3.63) is 36.0 Å². The molecule has 1 aromatic heterocycles. The molecule has 1 aliphatic rings. The third-order valence-electron chi connectivity index (χ3n) is 4.89. The summed E-state index contributed by atoms with van der Waals surface area (Å²) < 4.78 is 37.4. The first-order valence-corrected chi connectivity index (χ1v) is 9.57. The molecule has 3 rings (SSSR count). The zero-order valence-electron chi connectivity index (χ0n) is 16.3. The van der Waals surface area contributed by atoms with Crippen LogP contribution in [-0.2, 0) is 0 Å². The molecular weight excluding hydrogens is 395 g/mol. The highest BCUT2D eigenvalue weighted by Crippen LogP contribution is 2.29. The number of benzene rings is 1. The summed E-state index contributed by atoms with van der Waals surface area (Å²) in [6, 6.07) is 7.16. The van der Waals surface area contributed by atoms with E-state index in [9.17, 15) is 13.2 Å². The van der Waals surface area contributed by atoms with Crippen LogP contribution in [0, 0.1) is 5.41 Å². The highest BCUT2D eigenvalue weighted by molar-refractivity contribution is 5.91. The molecule has 5 N–H and O–H groups in total. The summed E-state index contributed by atoms with van der Waals surface area (Å²) in [7, 11) is 0. The Bertz CT molecular complexity index is 888. The Morgan fingerprint density at radius 1 is 1.23 bits per heavy atom. The predicted octanol–water partition coefficient (Wildman–Crippen LogP) is 3.02. The first kappa shape index (κ1) is 21.7. The number of piperidine rings is 1. The Morgan fingerprint density at radius 2 is 1.90 bits per heavy atom. The van der Waals surface area contributed by atoms with Crippen LogP contribution in [0.5, 0.6) is 0 Å². The molecule has 0 aliphatic carbocycles. The molecule has 0 saturated carbocycles. The first-order chi connectivity index (χ1) is 14.3. The van der Waals surface area contributed by atoms with E-state index in [1.807, 2.05) is 4.90 Å². The molecule has 10 heteroatoms. The van der Waals surface area contributed by atoms with Gasteiger partial charge >= 0.3 is 6.18 Å². The molecule has 1 fully saturated rings. The number of nitrogen functional groups attached to an aromatic ring is 1. The minimum atomic E-state index is -4.40. The summed E-state index contributed by atoms with van der Waals surface area (Å²) in [5.74, 6) is -0.267. The highest BCUT2D eigenvalue weighted by Gasteiger charge is 2.26. The van der Waals surface area contributed by atoms with E-state index < -0.39 is 18.6 Å². The lowest BCUT2D eigenvalue weighted by molar-refractivity contribution is -0.118. The fourth-order valence-corrected chi connectivity index (χ4v) is 3.23. The van der Waals surface area contributed by atoms with Gasteiger partial charge in [-0.2, -0.15) is 13.2 Å². The average Bonchev–Trinajstić information content (AvgIpc) is 2.71. The van der Waals surface area contributed by atoms with E-state index >= 15 is 0 Å². The molecule has 1 atom stereocenters. The third kappa shape index (κ3) is 5.53. The van der Waals surface area contributed by atoms with Gasteiger partial charge in [-0.1, -0.05) is 12.1 Å². The maximum atomic E-state index is 12.5. The van der Waals surface area contributed by atoms with E-state index in [-0.39, 0.29) is 6.04 Å². The summed E-state index contributed by atoms with van der Waals surface area (Å²) in [5, 5.41) is 7.70. The number of hydrogen-bond donors (Lipinski definition) is 3. The molecule has 0 radical (unpaired) electrons. The van der Waals surface area contributed by atoms with Gasteiger partial charge in [-0.15, -0.1) is 0 Å². The van der Waals surface area contributed by atoms with Crippen molar-refractivity contribution >= 4 is 24.1 Å². The largest absolute Gasteiger partial charge is 0.407 e. The Labute approximate surface area is 172 Å². The van der Waals surface area contributed by atoms with Crippen molar-refractivity contribution in [3.63, 3.8) is 0 Å². The molecule has 1 aliphatic heterocycles. The van der Waals surface area contributed by atoms with Crippen LogP contribution in [0.2, 0.25) is 0 Å². The summed E-state index contributed by atoms with van der Waals surface area (Å²) in [6.45, 7) is 0.146. The van der Waals surface area contributed by atoms with Gasteiger partial charge < -0.3 is 21.8 Å². The fourth-order valence-electron chi connectivity index (χ4n) is 3.23. The van der Waals surface area contributed by atoms with Crippen molar-refractivity contribution in [1.29, 1.82) is 5.41 Å². The minimum absolute atomic E-state index is 0.157. The minimum Gasteiger partial charge on any atom is -0.399 e. The van der Waals surface area contributed by atoms with E-state index in [0.29, 0.717) is 22.9 Å². The summed E-state index contributed by atoms with van der Waals surface area (Å²) >= 11 is 0. The Hall–Kier alpha value is -3.01. The molecule has 30 heavy (non-hydrogen) atoms. The number of nitrogens with one attached hydrogen (secondary N) is 1. The Balaban J connectivity index is 1.98. The second-order valence-corrected chi connectivity index (χ2v) is 7.22. The van der Waals surface area contributed by atoms with Crippen LogP contribution in [0.25, 0.3) is 11.3 Å². The number of rotatable bonds is 6. The maximum Gasteiger partial charge on any atom is 0.407 e. The van der Waals surface area contributed by atoms with Gasteiger partial charge in [0.1, 0.15) is 6.54 Å². The Morgan fingerprint density at radius 3 is 2.50 bits per heavy atom. The zero-order chi connectivity index (χ0) is 21.7. The second kappa shape index (κ2) is 9.21. The lowest BCUT2D eigenvalue weighted by atomic mass is 9.97. The van der Waals surface area contributed by atoms with Crippen LogP contribution in [0.15, 0.2) is 35.5 Å². The molecule has 2 heterocycles. The average molecular weight is 419 g/mol. The molecule has 1 aromatic carbocycles. The van der Waals surface area contributed by atoms with Gasteiger partial charge in [0.05, 0.1) is 11.6 Å². The monoisotopic (exact) mass is 419 g/mol. The third-order valence-corrected chi connectivity index (χ3v) is 4.89. The van der Waals surface area contributed by atoms with E-state index in [1.54, 1.807) is 30.5 Å². The van der Waals surface area contributed by atoms with Crippen LogP contribution in [0.3, 0.4) is 0 Å². The fraction of sp³-hybridized carbons (Fsp3) is 0.400. The number of nitrogens with two attached hydrogens (primary N) is 2. The van der Waals surface area contributed by atoms with Gasteiger partial charge in [0, 0.05) is 54.6 Å². The number of hydrogen-bond acceptors (Lipinski definition) is 7. The van der Waals surface area contributed by atoms with Gasteiger partial charge in [0.25, 0.3) is 0 Å². The second-order valence-electron chi connectivity index (χ2n) is 7.22. The van der Waals surface area contributed by atoms with E-state index in [0.717, 1.165) is 43.9 Å². The van der Waals surface area contributed by atoms with Crippen LogP contribution in [-0.4, -0.2) is 54.2 Å². The molecule has 160 valence electrons. The standard InChI is InChI=1S/C20H24F3N7/c21-20(22,23)12-27-10-14(9-24)17-11-28-19(30-7-5-16(26)6-8-30)29-18(17)13-1-3-15(25)4-2-13/h1-4,9-11,14,16,24H,5-8,12,25-26H2. The molecular formula is C20H24F3N7. The van der Waals surface area contributed by atoms with Gasteiger partial charge in [0.2, 0.25) is 5.95 Å². The van der Waals surface area contributed by atoms with Gasteiger partial charge in [-0.25, -0.2) is 9.97 Å². The number of aromatic nitrogens is 2. The lowest BCUT2D eigenvalue weighted by Crippen LogP contribution is -2.40.